The molecule has 2 aromatic carbocycles. The van der Waals surface area contributed by atoms with Crippen LogP contribution in [0.1, 0.15) is 11.1 Å². The largest absolute Gasteiger partial charge is 0.416 e. The standard InChI is InChI=1S/C14H8F6.2H3N/c15-13(16,17)11-5-1-3-9(7-11)10-4-2-6-12(8-10)14(18,19)20;;/h1-8H;2*1H3. The maximum atomic E-state index is 12.6. The van der Waals surface area contributed by atoms with E-state index >= 15 is 0 Å². The highest BCUT2D eigenvalue weighted by Gasteiger charge is 2.32. The van der Waals surface area contributed by atoms with Crippen molar-refractivity contribution in [3.63, 3.8) is 0 Å². The molecule has 0 saturated carbocycles. The van der Waals surface area contributed by atoms with Gasteiger partial charge in [-0.05, 0) is 35.4 Å². The van der Waals surface area contributed by atoms with Gasteiger partial charge in [0, 0.05) is 0 Å². The summed E-state index contributed by atoms with van der Waals surface area (Å²) in [4.78, 5) is 0. The fourth-order valence-corrected chi connectivity index (χ4v) is 1.75. The summed E-state index contributed by atoms with van der Waals surface area (Å²) in [6, 6.07) is 8.41. The number of hydrogen-bond acceptors (Lipinski definition) is 2. The van der Waals surface area contributed by atoms with Crippen molar-refractivity contribution in [1.29, 1.82) is 0 Å². The summed E-state index contributed by atoms with van der Waals surface area (Å²) in [5.41, 5.74) is -1.61. The Morgan fingerprint density at radius 1 is 0.545 bits per heavy atom. The second-order valence-electron chi connectivity index (χ2n) is 4.16. The van der Waals surface area contributed by atoms with Gasteiger partial charge < -0.3 is 12.3 Å². The Hall–Kier alpha value is -2.06. The van der Waals surface area contributed by atoms with Crippen molar-refractivity contribution >= 4 is 0 Å². The maximum absolute atomic E-state index is 12.6. The molecule has 0 amide bonds. The minimum absolute atomic E-state index is 0. The Morgan fingerprint density at radius 2 is 0.864 bits per heavy atom. The van der Waals surface area contributed by atoms with E-state index in [-0.39, 0.29) is 23.4 Å². The molecule has 0 spiro atoms. The van der Waals surface area contributed by atoms with E-state index < -0.39 is 23.5 Å². The molecule has 2 aromatic rings. The molecule has 0 bridgehead atoms. The molecular weight excluding hydrogens is 310 g/mol. The molecule has 0 atom stereocenters. The zero-order chi connectivity index (χ0) is 15.0. The van der Waals surface area contributed by atoms with Gasteiger partial charge in [0.2, 0.25) is 0 Å². The number of rotatable bonds is 1. The summed E-state index contributed by atoms with van der Waals surface area (Å²) in [5, 5.41) is 0. The number of halogens is 6. The Labute approximate surface area is 122 Å². The molecule has 22 heavy (non-hydrogen) atoms. The number of benzene rings is 2. The van der Waals surface area contributed by atoms with Crippen LogP contribution in [0.15, 0.2) is 48.5 Å². The molecule has 0 unspecified atom stereocenters. The van der Waals surface area contributed by atoms with Gasteiger partial charge in [0.05, 0.1) is 11.1 Å². The molecule has 122 valence electrons. The Morgan fingerprint density at radius 3 is 1.14 bits per heavy atom. The first kappa shape index (κ1) is 19.9. The van der Waals surface area contributed by atoms with Gasteiger partial charge in [-0.1, -0.05) is 24.3 Å². The molecule has 0 aromatic heterocycles. The Bertz CT molecular complexity index is 564. The molecule has 0 fully saturated rings. The fraction of sp³-hybridized carbons (Fsp3) is 0.143. The van der Waals surface area contributed by atoms with Gasteiger partial charge in [0.15, 0.2) is 0 Å². The van der Waals surface area contributed by atoms with E-state index in [4.69, 9.17) is 0 Å². The van der Waals surface area contributed by atoms with Gasteiger partial charge >= 0.3 is 12.4 Å². The number of hydrogen-bond donors (Lipinski definition) is 2. The third kappa shape index (κ3) is 4.47. The smallest absolute Gasteiger partial charge is 0.344 e. The van der Waals surface area contributed by atoms with Crippen LogP contribution >= 0.6 is 0 Å². The summed E-state index contributed by atoms with van der Waals surface area (Å²) < 4.78 is 75.4. The lowest BCUT2D eigenvalue weighted by Gasteiger charge is -2.11. The third-order valence-electron chi connectivity index (χ3n) is 2.71. The van der Waals surface area contributed by atoms with E-state index in [0.29, 0.717) is 0 Å². The van der Waals surface area contributed by atoms with Gasteiger partial charge in [-0.25, -0.2) is 0 Å². The Balaban J connectivity index is 0.00000220. The van der Waals surface area contributed by atoms with Gasteiger partial charge in [-0.2, -0.15) is 26.3 Å². The second kappa shape index (κ2) is 6.80. The van der Waals surface area contributed by atoms with Crippen LogP contribution in [0, 0.1) is 0 Å². The first-order chi connectivity index (χ1) is 9.18. The van der Waals surface area contributed by atoms with Crippen molar-refractivity contribution in [2.75, 3.05) is 0 Å². The highest BCUT2D eigenvalue weighted by Crippen LogP contribution is 2.34. The van der Waals surface area contributed by atoms with Crippen molar-refractivity contribution in [3.8, 4) is 11.1 Å². The van der Waals surface area contributed by atoms with Gasteiger partial charge in [0.25, 0.3) is 0 Å². The Kier molecular flexibility index (Phi) is 6.16. The van der Waals surface area contributed by atoms with Crippen LogP contribution < -0.4 is 12.3 Å². The molecule has 0 aliphatic heterocycles. The van der Waals surface area contributed by atoms with E-state index in [1.54, 1.807) is 0 Å². The average Bonchev–Trinajstić information content (AvgIpc) is 2.37. The van der Waals surface area contributed by atoms with Gasteiger partial charge in [-0.15, -0.1) is 0 Å². The summed E-state index contributed by atoms with van der Waals surface area (Å²) in [6.07, 6.45) is -9.06. The topological polar surface area (TPSA) is 70.0 Å². The second-order valence-corrected chi connectivity index (χ2v) is 4.16. The van der Waals surface area contributed by atoms with Crippen LogP contribution in [0.3, 0.4) is 0 Å². The van der Waals surface area contributed by atoms with E-state index in [9.17, 15) is 26.3 Å². The predicted octanol–water partition coefficient (Wildman–Crippen LogP) is 5.72. The van der Waals surface area contributed by atoms with Crippen LogP contribution in [0.2, 0.25) is 0 Å². The third-order valence-corrected chi connectivity index (χ3v) is 2.71. The van der Waals surface area contributed by atoms with Gasteiger partial charge in [-0.3, -0.25) is 0 Å². The van der Waals surface area contributed by atoms with Crippen molar-refractivity contribution in [2.45, 2.75) is 12.4 Å². The highest BCUT2D eigenvalue weighted by atomic mass is 19.4. The molecular formula is C14H14F6N2. The minimum Gasteiger partial charge on any atom is -0.344 e. The molecule has 0 saturated heterocycles. The van der Waals surface area contributed by atoms with Crippen molar-refractivity contribution < 1.29 is 26.3 Å². The molecule has 0 aliphatic rings. The normalized spacial score (nSPS) is 11.4. The monoisotopic (exact) mass is 324 g/mol. The molecule has 0 radical (unpaired) electrons. The fourth-order valence-electron chi connectivity index (χ4n) is 1.75. The first-order valence-electron chi connectivity index (χ1n) is 5.53. The van der Waals surface area contributed by atoms with E-state index in [1.807, 2.05) is 0 Å². The molecule has 6 N–H and O–H groups in total. The van der Waals surface area contributed by atoms with Crippen molar-refractivity contribution in [2.24, 2.45) is 0 Å². The predicted molar refractivity (Wildman–Crippen MR) is 71.9 cm³/mol. The lowest BCUT2D eigenvalue weighted by Crippen LogP contribution is -2.05. The van der Waals surface area contributed by atoms with Crippen LogP contribution in [-0.4, -0.2) is 0 Å². The van der Waals surface area contributed by atoms with Gasteiger partial charge in [0.1, 0.15) is 0 Å². The SMILES string of the molecule is FC(F)(F)c1cccc(-c2cccc(C(F)(F)F)c2)c1.N.N. The van der Waals surface area contributed by atoms with Crippen LogP contribution in [0.25, 0.3) is 11.1 Å². The van der Waals surface area contributed by atoms with E-state index in [1.165, 1.54) is 24.3 Å². The van der Waals surface area contributed by atoms with Crippen LogP contribution in [0.4, 0.5) is 26.3 Å². The summed E-state index contributed by atoms with van der Waals surface area (Å²) in [6.45, 7) is 0. The molecule has 8 heteroatoms. The zero-order valence-electron chi connectivity index (χ0n) is 11.3. The minimum atomic E-state index is -4.53. The van der Waals surface area contributed by atoms with Crippen LogP contribution in [-0.2, 0) is 12.4 Å². The molecule has 2 rings (SSSR count). The maximum Gasteiger partial charge on any atom is 0.416 e. The van der Waals surface area contributed by atoms with Crippen LogP contribution in [0.5, 0.6) is 0 Å². The lowest BCUT2D eigenvalue weighted by atomic mass is 10.0. The van der Waals surface area contributed by atoms with Crippen molar-refractivity contribution in [1.82, 2.24) is 12.3 Å². The number of alkyl halides is 6. The molecule has 2 nitrogen and oxygen atoms in total. The highest BCUT2D eigenvalue weighted by molar-refractivity contribution is 5.65. The molecule has 0 aliphatic carbocycles. The van der Waals surface area contributed by atoms with E-state index in [0.717, 1.165) is 24.3 Å². The van der Waals surface area contributed by atoms with E-state index in [2.05, 4.69) is 0 Å². The lowest BCUT2D eigenvalue weighted by molar-refractivity contribution is -0.138. The summed E-state index contributed by atoms with van der Waals surface area (Å²) in [5.74, 6) is 0. The first-order valence-corrected chi connectivity index (χ1v) is 5.53. The summed E-state index contributed by atoms with van der Waals surface area (Å²) in [7, 11) is 0. The summed E-state index contributed by atoms with van der Waals surface area (Å²) >= 11 is 0. The zero-order valence-corrected chi connectivity index (χ0v) is 11.3. The van der Waals surface area contributed by atoms with Crippen molar-refractivity contribution in [3.05, 3.63) is 59.7 Å². The average molecular weight is 324 g/mol. The quantitative estimate of drug-likeness (QED) is 0.659. The molecule has 0 heterocycles.